The average molecular weight is 410 g/mol. The van der Waals surface area contributed by atoms with Crippen LogP contribution in [-0.4, -0.2) is 71.8 Å². The van der Waals surface area contributed by atoms with Crippen LogP contribution in [0, 0.1) is 0 Å². The molecule has 2 aliphatic heterocycles. The Morgan fingerprint density at radius 2 is 1.79 bits per heavy atom. The summed E-state index contributed by atoms with van der Waals surface area (Å²) in [7, 11) is 0. The lowest BCUT2D eigenvalue weighted by atomic mass is 10.1. The summed E-state index contributed by atoms with van der Waals surface area (Å²) in [5, 5.41) is 1.91. The zero-order valence-corrected chi connectivity index (χ0v) is 17.4. The fourth-order valence-corrected chi connectivity index (χ4v) is 4.75. The maximum atomic E-state index is 13.1. The fraction of sp³-hybridized carbons (Fsp3) is 0.391. The third-order valence-corrected chi connectivity index (χ3v) is 6.55. The van der Waals surface area contributed by atoms with Gasteiger partial charge in [-0.05, 0) is 29.9 Å². The van der Waals surface area contributed by atoms with E-state index in [1.165, 1.54) is 16.9 Å². The van der Waals surface area contributed by atoms with Crippen molar-refractivity contribution in [3.63, 3.8) is 0 Å². The van der Waals surface area contributed by atoms with Gasteiger partial charge in [0.05, 0.1) is 4.88 Å². The van der Waals surface area contributed by atoms with Crippen LogP contribution >= 0.6 is 11.3 Å². The number of carbonyl (C=O) groups is 2. The highest BCUT2D eigenvalue weighted by Crippen LogP contribution is 2.24. The molecule has 5 nitrogen and oxygen atoms in total. The van der Waals surface area contributed by atoms with E-state index >= 15 is 0 Å². The lowest BCUT2D eigenvalue weighted by Gasteiger charge is -2.37. The molecule has 2 aromatic rings. The number of hydrogen-bond donors (Lipinski definition) is 0. The fourth-order valence-electron chi connectivity index (χ4n) is 4.07. The highest BCUT2D eigenvalue weighted by atomic mass is 32.1. The minimum absolute atomic E-state index is 0.000495. The van der Waals surface area contributed by atoms with E-state index in [1.807, 2.05) is 40.6 Å². The van der Waals surface area contributed by atoms with Crippen LogP contribution in [0.5, 0.6) is 0 Å². The van der Waals surface area contributed by atoms with Crippen LogP contribution in [0.3, 0.4) is 0 Å². The van der Waals surface area contributed by atoms with Gasteiger partial charge in [-0.3, -0.25) is 14.5 Å². The van der Waals surface area contributed by atoms with Crippen molar-refractivity contribution < 1.29 is 9.59 Å². The Hall–Kier alpha value is -2.44. The molecule has 2 saturated heterocycles. The quantitative estimate of drug-likeness (QED) is 0.762. The van der Waals surface area contributed by atoms with Crippen LogP contribution in [0.25, 0.3) is 6.08 Å². The van der Waals surface area contributed by atoms with Gasteiger partial charge in [0.15, 0.2) is 0 Å². The lowest BCUT2D eigenvalue weighted by molar-refractivity contribution is -0.137. The average Bonchev–Trinajstić information content (AvgIpc) is 3.46. The van der Waals surface area contributed by atoms with Gasteiger partial charge in [-0.2, -0.15) is 0 Å². The second-order valence-electron chi connectivity index (χ2n) is 7.57. The standard InChI is InChI=1S/C23H27N3O2S/c27-22(20-10-5-13-26(20)23(28)21-11-6-18-29-21)25-16-14-24(15-17-25)12-4-9-19-7-2-1-3-8-19/h1-4,6-9,11,18,20H,5,10,12-17H2/t20-/m0/s1. The second kappa shape index (κ2) is 9.37. The molecule has 2 fully saturated rings. The Morgan fingerprint density at radius 1 is 1.00 bits per heavy atom. The molecule has 0 spiro atoms. The van der Waals surface area contributed by atoms with Gasteiger partial charge in [-0.1, -0.05) is 48.6 Å². The van der Waals surface area contributed by atoms with E-state index in [2.05, 4.69) is 29.2 Å². The molecule has 0 unspecified atom stereocenters. The number of amides is 2. The van der Waals surface area contributed by atoms with Gasteiger partial charge >= 0.3 is 0 Å². The molecule has 0 bridgehead atoms. The van der Waals surface area contributed by atoms with E-state index in [-0.39, 0.29) is 17.9 Å². The van der Waals surface area contributed by atoms with Crippen molar-refractivity contribution in [3.05, 3.63) is 64.4 Å². The molecule has 4 rings (SSSR count). The second-order valence-corrected chi connectivity index (χ2v) is 8.52. The van der Waals surface area contributed by atoms with Crippen LogP contribution in [-0.2, 0) is 4.79 Å². The molecule has 3 heterocycles. The molecule has 0 radical (unpaired) electrons. The number of hydrogen-bond acceptors (Lipinski definition) is 4. The Balaban J connectivity index is 1.28. The first-order valence-electron chi connectivity index (χ1n) is 10.3. The summed E-state index contributed by atoms with van der Waals surface area (Å²) in [5.41, 5.74) is 1.21. The first-order valence-corrected chi connectivity index (χ1v) is 11.2. The summed E-state index contributed by atoms with van der Waals surface area (Å²) in [5.74, 6) is 0.118. The maximum Gasteiger partial charge on any atom is 0.264 e. The van der Waals surface area contributed by atoms with Crippen molar-refractivity contribution in [2.75, 3.05) is 39.3 Å². The Kier molecular flexibility index (Phi) is 6.42. The van der Waals surface area contributed by atoms with Crippen LogP contribution in [0.4, 0.5) is 0 Å². The van der Waals surface area contributed by atoms with Crippen LogP contribution in [0.15, 0.2) is 53.9 Å². The molecular weight excluding hydrogens is 382 g/mol. The van der Waals surface area contributed by atoms with Crippen molar-refractivity contribution in [2.24, 2.45) is 0 Å². The van der Waals surface area contributed by atoms with Crippen LogP contribution in [0.1, 0.15) is 28.1 Å². The monoisotopic (exact) mass is 409 g/mol. The topological polar surface area (TPSA) is 43.9 Å². The molecule has 152 valence electrons. The van der Waals surface area contributed by atoms with Crippen molar-refractivity contribution in [1.29, 1.82) is 0 Å². The Bertz CT molecular complexity index is 842. The molecule has 0 N–H and O–H groups in total. The summed E-state index contributed by atoms with van der Waals surface area (Å²) in [6.45, 7) is 4.78. The predicted octanol–water partition coefficient (Wildman–Crippen LogP) is 3.21. The number of rotatable bonds is 5. The van der Waals surface area contributed by atoms with E-state index in [1.54, 1.807) is 4.90 Å². The summed E-state index contributed by atoms with van der Waals surface area (Å²) in [4.78, 5) is 32.7. The molecular formula is C23H27N3O2S. The highest BCUT2D eigenvalue weighted by molar-refractivity contribution is 7.12. The van der Waals surface area contributed by atoms with Crippen molar-refractivity contribution in [3.8, 4) is 0 Å². The molecule has 0 aliphatic carbocycles. The smallest absolute Gasteiger partial charge is 0.264 e. The number of likely N-dealkylation sites (tertiary alicyclic amines) is 1. The number of nitrogens with zero attached hydrogens (tertiary/aromatic N) is 3. The van der Waals surface area contributed by atoms with Crippen LogP contribution < -0.4 is 0 Å². The summed E-state index contributed by atoms with van der Waals surface area (Å²) < 4.78 is 0. The van der Waals surface area contributed by atoms with E-state index in [0.717, 1.165) is 50.4 Å². The number of piperazine rings is 1. The minimum atomic E-state index is -0.297. The van der Waals surface area contributed by atoms with E-state index in [0.29, 0.717) is 6.54 Å². The lowest BCUT2D eigenvalue weighted by Crippen LogP contribution is -2.54. The normalized spacial score (nSPS) is 20.5. The van der Waals surface area contributed by atoms with Gasteiger partial charge < -0.3 is 9.80 Å². The van der Waals surface area contributed by atoms with E-state index in [9.17, 15) is 9.59 Å². The van der Waals surface area contributed by atoms with Gasteiger partial charge in [-0.15, -0.1) is 11.3 Å². The zero-order valence-electron chi connectivity index (χ0n) is 16.6. The minimum Gasteiger partial charge on any atom is -0.338 e. The van der Waals surface area contributed by atoms with Crippen molar-refractivity contribution in [1.82, 2.24) is 14.7 Å². The Morgan fingerprint density at radius 3 is 2.52 bits per heavy atom. The zero-order chi connectivity index (χ0) is 20.1. The summed E-state index contributed by atoms with van der Waals surface area (Å²) >= 11 is 1.44. The van der Waals surface area contributed by atoms with Crippen molar-refractivity contribution in [2.45, 2.75) is 18.9 Å². The molecule has 0 saturated carbocycles. The molecule has 1 aromatic heterocycles. The van der Waals surface area contributed by atoms with E-state index in [4.69, 9.17) is 0 Å². The van der Waals surface area contributed by atoms with Gasteiger partial charge in [0.25, 0.3) is 5.91 Å². The first-order chi connectivity index (χ1) is 14.2. The van der Waals surface area contributed by atoms with E-state index < -0.39 is 0 Å². The summed E-state index contributed by atoms with van der Waals surface area (Å²) in [6.07, 6.45) is 6.00. The molecule has 29 heavy (non-hydrogen) atoms. The van der Waals surface area contributed by atoms with Crippen LogP contribution in [0.2, 0.25) is 0 Å². The predicted molar refractivity (Wildman–Crippen MR) is 117 cm³/mol. The number of thiophene rings is 1. The van der Waals surface area contributed by atoms with Gasteiger partial charge in [-0.25, -0.2) is 0 Å². The highest BCUT2D eigenvalue weighted by Gasteiger charge is 2.37. The van der Waals surface area contributed by atoms with Gasteiger partial charge in [0.1, 0.15) is 6.04 Å². The van der Waals surface area contributed by atoms with Gasteiger partial charge in [0.2, 0.25) is 5.91 Å². The summed E-state index contributed by atoms with van der Waals surface area (Å²) in [6, 6.07) is 13.7. The SMILES string of the molecule is O=C([C@@H]1CCCN1C(=O)c1cccs1)N1CCN(CC=Cc2ccccc2)CC1. The maximum absolute atomic E-state index is 13.1. The molecule has 2 amide bonds. The number of benzene rings is 1. The Labute approximate surface area is 176 Å². The molecule has 1 atom stereocenters. The van der Waals surface area contributed by atoms with Crippen molar-refractivity contribution >= 4 is 29.2 Å². The number of carbonyl (C=O) groups excluding carboxylic acids is 2. The largest absolute Gasteiger partial charge is 0.338 e. The molecule has 6 heteroatoms. The molecule has 2 aliphatic rings. The third-order valence-electron chi connectivity index (χ3n) is 5.69. The molecule has 1 aromatic carbocycles. The first kappa shape index (κ1) is 19.9. The van der Waals surface area contributed by atoms with Gasteiger partial charge in [0, 0.05) is 39.3 Å². The third kappa shape index (κ3) is 4.77.